The number of aromatic nitrogens is 3. The first kappa shape index (κ1) is 20.3. The van der Waals surface area contributed by atoms with Gasteiger partial charge in [0.1, 0.15) is 16.8 Å². The van der Waals surface area contributed by atoms with Gasteiger partial charge >= 0.3 is 0 Å². The zero-order chi connectivity index (χ0) is 22.2. The Hall–Kier alpha value is -3.61. The van der Waals surface area contributed by atoms with Gasteiger partial charge in [0.2, 0.25) is 0 Å². The zero-order valence-electron chi connectivity index (χ0n) is 16.8. The monoisotopic (exact) mass is 462 g/mol. The quantitative estimate of drug-likeness (QED) is 0.328. The van der Waals surface area contributed by atoms with Crippen LogP contribution >= 0.6 is 23.2 Å². The van der Waals surface area contributed by atoms with Crippen molar-refractivity contribution in [1.29, 1.82) is 0 Å². The van der Waals surface area contributed by atoms with E-state index in [0.29, 0.717) is 32.6 Å². The molecule has 0 aliphatic heterocycles. The van der Waals surface area contributed by atoms with Gasteiger partial charge in [0, 0.05) is 16.3 Å². The summed E-state index contributed by atoms with van der Waals surface area (Å²) in [6.07, 6.45) is 0. The molecular formula is C24H16Cl2N4O2. The molecule has 5 aromatic rings. The second-order valence-electron chi connectivity index (χ2n) is 7.22. The average molecular weight is 463 g/mol. The van der Waals surface area contributed by atoms with Gasteiger partial charge in [0.25, 0.3) is 5.91 Å². The minimum Gasteiger partial charge on any atom is -0.451 e. The Balaban J connectivity index is 1.42. The second-order valence-corrected chi connectivity index (χ2v) is 8.07. The smallest absolute Gasteiger partial charge is 0.291 e. The summed E-state index contributed by atoms with van der Waals surface area (Å²) in [5.74, 6) is 0.233. The predicted octanol–water partition coefficient (Wildman–Crippen LogP) is 6.55. The lowest BCUT2D eigenvalue weighted by Crippen LogP contribution is -2.11. The van der Waals surface area contributed by atoms with Crippen LogP contribution in [0, 0.1) is 6.92 Å². The maximum atomic E-state index is 12.8. The van der Waals surface area contributed by atoms with Gasteiger partial charge in [0.05, 0.1) is 10.7 Å². The minimum absolute atomic E-state index is 0.156. The van der Waals surface area contributed by atoms with Crippen molar-refractivity contribution in [2.24, 2.45) is 0 Å². The third-order valence-electron chi connectivity index (χ3n) is 4.99. The van der Waals surface area contributed by atoms with Gasteiger partial charge in [-0.25, -0.2) is 0 Å². The van der Waals surface area contributed by atoms with E-state index in [2.05, 4.69) is 15.5 Å². The maximum Gasteiger partial charge on any atom is 0.291 e. The first-order valence-electron chi connectivity index (χ1n) is 9.78. The zero-order valence-corrected chi connectivity index (χ0v) is 18.4. The predicted molar refractivity (Wildman–Crippen MR) is 126 cm³/mol. The summed E-state index contributed by atoms with van der Waals surface area (Å²) < 4.78 is 5.74. The fourth-order valence-electron chi connectivity index (χ4n) is 3.35. The molecule has 0 saturated heterocycles. The number of carbonyl (C=O) groups is 1. The first-order chi connectivity index (χ1) is 15.5. The summed E-state index contributed by atoms with van der Waals surface area (Å²) in [4.78, 5) is 14.4. The molecule has 32 heavy (non-hydrogen) atoms. The third kappa shape index (κ3) is 3.86. The molecule has 1 amide bonds. The summed E-state index contributed by atoms with van der Waals surface area (Å²) in [5.41, 5.74) is 4.36. The number of rotatable bonds is 4. The summed E-state index contributed by atoms with van der Waals surface area (Å²) in [5, 5.41) is 13.0. The van der Waals surface area contributed by atoms with Crippen LogP contribution < -0.4 is 5.32 Å². The van der Waals surface area contributed by atoms with E-state index >= 15 is 0 Å². The van der Waals surface area contributed by atoms with Crippen LogP contribution in [0.5, 0.6) is 0 Å². The highest BCUT2D eigenvalue weighted by Crippen LogP contribution is 2.32. The highest BCUT2D eigenvalue weighted by atomic mass is 35.5. The van der Waals surface area contributed by atoms with Gasteiger partial charge in [-0.3, -0.25) is 4.79 Å². The van der Waals surface area contributed by atoms with Crippen molar-refractivity contribution in [2.75, 3.05) is 5.32 Å². The number of furan rings is 1. The fraction of sp³-hybridized carbons (Fsp3) is 0.0417. The molecule has 0 bridgehead atoms. The molecule has 0 radical (unpaired) electrons. The molecule has 3 aromatic carbocycles. The van der Waals surface area contributed by atoms with Crippen LogP contribution in [0.3, 0.4) is 0 Å². The number of nitrogens with one attached hydrogen (secondary N) is 1. The van der Waals surface area contributed by atoms with E-state index < -0.39 is 0 Å². The van der Waals surface area contributed by atoms with E-state index in [9.17, 15) is 4.79 Å². The molecule has 0 atom stereocenters. The molecule has 0 aliphatic rings. The number of carbonyl (C=O) groups excluding carboxylic acids is 1. The van der Waals surface area contributed by atoms with Gasteiger partial charge in [-0.05, 0) is 67.1 Å². The number of amides is 1. The van der Waals surface area contributed by atoms with Gasteiger partial charge in [-0.1, -0.05) is 41.4 Å². The molecule has 0 saturated carbocycles. The summed E-state index contributed by atoms with van der Waals surface area (Å²) in [6, 6.07) is 21.7. The number of para-hydroxylation sites is 1. The Kier molecular flexibility index (Phi) is 5.17. The second kappa shape index (κ2) is 8.15. The molecule has 158 valence electrons. The molecule has 5 rings (SSSR count). The van der Waals surface area contributed by atoms with Crippen molar-refractivity contribution in [1.82, 2.24) is 15.0 Å². The minimum atomic E-state index is -0.382. The van der Waals surface area contributed by atoms with Gasteiger partial charge in [0.15, 0.2) is 5.76 Å². The molecular weight excluding hydrogens is 447 g/mol. The van der Waals surface area contributed by atoms with Crippen molar-refractivity contribution in [2.45, 2.75) is 6.92 Å². The number of hydrogen-bond acceptors (Lipinski definition) is 4. The van der Waals surface area contributed by atoms with E-state index in [1.807, 2.05) is 43.3 Å². The van der Waals surface area contributed by atoms with Crippen LogP contribution in [0.15, 0.2) is 77.2 Å². The number of hydrogen-bond donors (Lipinski definition) is 1. The Morgan fingerprint density at radius 3 is 2.47 bits per heavy atom. The lowest BCUT2D eigenvalue weighted by molar-refractivity contribution is 0.0997. The molecule has 2 aromatic heterocycles. The Morgan fingerprint density at radius 2 is 1.69 bits per heavy atom. The largest absolute Gasteiger partial charge is 0.451 e. The van der Waals surface area contributed by atoms with Crippen LogP contribution in [-0.4, -0.2) is 20.9 Å². The molecule has 0 spiro atoms. The number of anilines is 1. The van der Waals surface area contributed by atoms with Gasteiger partial charge in [-0.2, -0.15) is 4.80 Å². The Labute approximate surface area is 193 Å². The van der Waals surface area contributed by atoms with E-state index in [0.717, 1.165) is 16.8 Å². The summed E-state index contributed by atoms with van der Waals surface area (Å²) >= 11 is 12.3. The lowest BCUT2D eigenvalue weighted by Gasteiger charge is -2.07. The average Bonchev–Trinajstić information content (AvgIpc) is 3.44. The van der Waals surface area contributed by atoms with Crippen LogP contribution in [-0.2, 0) is 0 Å². The topological polar surface area (TPSA) is 73.0 Å². The van der Waals surface area contributed by atoms with Crippen molar-refractivity contribution in [3.8, 4) is 17.0 Å². The first-order valence-corrected chi connectivity index (χ1v) is 10.5. The summed E-state index contributed by atoms with van der Waals surface area (Å²) in [7, 11) is 0. The maximum absolute atomic E-state index is 12.8. The number of nitrogens with zero attached hydrogens (tertiary/aromatic N) is 3. The van der Waals surface area contributed by atoms with Gasteiger partial charge < -0.3 is 9.73 Å². The van der Waals surface area contributed by atoms with Crippen molar-refractivity contribution in [3.05, 3.63) is 94.2 Å². The number of benzene rings is 3. The Morgan fingerprint density at radius 1 is 0.938 bits per heavy atom. The van der Waals surface area contributed by atoms with Gasteiger partial charge in [-0.15, -0.1) is 10.2 Å². The third-order valence-corrected chi connectivity index (χ3v) is 5.55. The molecule has 2 heterocycles. The highest BCUT2D eigenvalue weighted by molar-refractivity contribution is 6.35. The van der Waals surface area contributed by atoms with Crippen LogP contribution in [0.2, 0.25) is 10.0 Å². The molecule has 1 N–H and O–H groups in total. The molecule has 0 fully saturated rings. The summed E-state index contributed by atoms with van der Waals surface area (Å²) in [6.45, 7) is 1.90. The number of aryl methyl sites for hydroxylation is 1. The number of halogens is 2. The number of fused-ring (bicyclic) bond motifs is 1. The Bertz CT molecular complexity index is 1460. The van der Waals surface area contributed by atoms with Crippen LogP contribution in [0.25, 0.3) is 28.0 Å². The molecule has 6 nitrogen and oxygen atoms in total. The van der Waals surface area contributed by atoms with E-state index in [-0.39, 0.29) is 11.7 Å². The van der Waals surface area contributed by atoms with Crippen molar-refractivity contribution >= 4 is 45.8 Å². The fourth-order valence-corrected chi connectivity index (χ4v) is 3.74. The lowest BCUT2D eigenvalue weighted by atomic mass is 10.1. The van der Waals surface area contributed by atoms with E-state index in [1.165, 1.54) is 0 Å². The normalized spacial score (nSPS) is 11.1. The van der Waals surface area contributed by atoms with E-state index in [4.69, 9.17) is 27.6 Å². The van der Waals surface area contributed by atoms with Crippen LogP contribution in [0.1, 0.15) is 16.1 Å². The molecule has 8 heteroatoms. The SMILES string of the molecule is Cc1cc2nn(-c3ccccc3)nc2cc1NC(=O)c1ccc(-c2cc(Cl)ccc2Cl)o1. The van der Waals surface area contributed by atoms with Crippen LogP contribution in [0.4, 0.5) is 5.69 Å². The van der Waals surface area contributed by atoms with Crippen molar-refractivity contribution < 1.29 is 9.21 Å². The van der Waals surface area contributed by atoms with E-state index in [1.54, 1.807) is 41.2 Å². The molecule has 0 unspecified atom stereocenters. The van der Waals surface area contributed by atoms with Crippen molar-refractivity contribution in [3.63, 3.8) is 0 Å². The molecule has 0 aliphatic carbocycles. The standard InChI is InChI=1S/C24H16Cl2N4O2/c1-14-11-20-21(29-30(28-20)16-5-3-2-4-6-16)13-19(14)27-24(31)23-10-9-22(32-23)17-12-15(25)7-8-18(17)26/h2-13H,1H3,(H,27,31). The highest BCUT2D eigenvalue weighted by Gasteiger charge is 2.16.